The molecule has 4 aromatic rings. The van der Waals surface area contributed by atoms with Crippen molar-refractivity contribution in [2.45, 2.75) is 19.0 Å². The van der Waals surface area contributed by atoms with E-state index in [1.807, 2.05) is 36.6 Å². The summed E-state index contributed by atoms with van der Waals surface area (Å²) in [6.07, 6.45) is 4.18. The van der Waals surface area contributed by atoms with Crippen LogP contribution in [0.4, 0.5) is 0 Å². The average molecular weight is 407 g/mol. The molecular formula is C21H21N5O2S. The van der Waals surface area contributed by atoms with Crippen LogP contribution in [0.3, 0.4) is 0 Å². The van der Waals surface area contributed by atoms with Crippen LogP contribution in [0, 0.1) is 0 Å². The Morgan fingerprint density at radius 2 is 1.93 bits per heavy atom. The first kappa shape index (κ1) is 19.2. The molecule has 29 heavy (non-hydrogen) atoms. The van der Waals surface area contributed by atoms with Crippen LogP contribution < -0.4 is 10.9 Å². The zero-order chi connectivity index (χ0) is 20.2. The van der Waals surface area contributed by atoms with Crippen molar-refractivity contribution in [2.24, 2.45) is 0 Å². The van der Waals surface area contributed by atoms with Gasteiger partial charge in [-0.3, -0.25) is 14.2 Å². The lowest BCUT2D eigenvalue weighted by molar-refractivity contribution is -0.122. The lowest BCUT2D eigenvalue weighted by Crippen LogP contribution is -2.35. The molecule has 148 valence electrons. The van der Waals surface area contributed by atoms with Crippen molar-refractivity contribution < 1.29 is 4.79 Å². The quantitative estimate of drug-likeness (QED) is 0.491. The number of imidazole rings is 1. The molecule has 2 heterocycles. The first-order valence-electron chi connectivity index (χ1n) is 9.33. The number of para-hydroxylation sites is 3. The number of H-pyrrole nitrogens is 1. The van der Waals surface area contributed by atoms with Gasteiger partial charge in [-0.15, -0.1) is 0 Å². The predicted molar refractivity (Wildman–Crippen MR) is 116 cm³/mol. The van der Waals surface area contributed by atoms with E-state index in [4.69, 9.17) is 0 Å². The van der Waals surface area contributed by atoms with E-state index in [1.54, 1.807) is 30.0 Å². The van der Waals surface area contributed by atoms with Crippen molar-refractivity contribution in [3.05, 3.63) is 71.0 Å². The number of thioether (sulfide) groups is 1. The molecule has 0 unspecified atom stereocenters. The normalized spacial score (nSPS) is 12.3. The summed E-state index contributed by atoms with van der Waals surface area (Å²) in [5, 5.41) is 3.52. The van der Waals surface area contributed by atoms with Gasteiger partial charge in [-0.1, -0.05) is 24.3 Å². The van der Waals surface area contributed by atoms with Crippen LogP contribution in [0.25, 0.3) is 21.9 Å². The number of rotatable bonds is 7. The van der Waals surface area contributed by atoms with Gasteiger partial charge in [-0.25, -0.2) is 9.97 Å². The van der Waals surface area contributed by atoms with Gasteiger partial charge in [-0.2, -0.15) is 11.8 Å². The summed E-state index contributed by atoms with van der Waals surface area (Å²) in [6, 6.07) is 14.6. The topological polar surface area (TPSA) is 92.7 Å². The van der Waals surface area contributed by atoms with Crippen molar-refractivity contribution in [1.29, 1.82) is 0 Å². The minimum Gasteiger partial charge on any atom is -0.345 e. The van der Waals surface area contributed by atoms with Gasteiger partial charge in [0.05, 0.1) is 34.3 Å². The number of fused-ring (bicyclic) bond motifs is 2. The number of carbonyl (C=O) groups excluding carboxylic acids is 1. The molecule has 7 nitrogen and oxygen atoms in total. The number of hydrogen-bond donors (Lipinski definition) is 2. The molecule has 2 N–H and O–H groups in total. The molecule has 2 aromatic carbocycles. The number of hydrogen-bond acceptors (Lipinski definition) is 5. The molecule has 0 spiro atoms. The molecule has 0 saturated heterocycles. The zero-order valence-electron chi connectivity index (χ0n) is 16.0. The highest BCUT2D eigenvalue weighted by atomic mass is 32.2. The Hall–Kier alpha value is -3.13. The summed E-state index contributed by atoms with van der Waals surface area (Å²) in [7, 11) is 0. The minimum atomic E-state index is -0.258. The summed E-state index contributed by atoms with van der Waals surface area (Å²) in [5.41, 5.74) is 2.19. The highest BCUT2D eigenvalue weighted by Crippen LogP contribution is 2.20. The van der Waals surface area contributed by atoms with Crippen molar-refractivity contribution in [1.82, 2.24) is 24.8 Å². The number of amides is 1. The number of aromatic nitrogens is 4. The molecule has 0 radical (unpaired) electrons. The summed E-state index contributed by atoms with van der Waals surface area (Å²) in [4.78, 5) is 37.5. The highest BCUT2D eigenvalue weighted by molar-refractivity contribution is 7.98. The summed E-state index contributed by atoms with van der Waals surface area (Å²) < 4.78 is 1.34. The minimum absolute atomic E-state index is 0.0906. The van der Waals surface area contributed by atoms with Crippen LogP contribution in [-0.4, -0.2) is 37.4 Å². The van der Waals surface area contributed by atoms with Crippen LogP contribution in [0.5, 0.6) is 0 Å². The van der Waals surface area contributed by atoms with Crippen LogP contribution >= 0.6 is 11.8 Å². The fraction of sp³-hybridized carbons (Fsp3) is 0.238. The molecule has 0 aliphatic carbocycles. The zero-order valence-corrected chi connectivity index (χ0v) is 16.8. The van der Waals surface area contributed by atoms with E-state index in [9.17, 15) is 9.59 Å². The summed E-state index contributed by atoms with van der Waals surface area (Å²) >= 11 is 1.71. The van der Waals surface area contributed by atoms with Gasteiger partial charge < -0.3 is 10.3 Å². The number of carbonyl (C=O) groups is 1. The summed E-state index contributed by atoms with van der Waals surface area (Å²) in [6.45, 7) is -0.0906. The fourth-order valence-corrected chi connectivity index (χ4v) is 3.74. The lowest BCUT2D eigenvalue weighted by Gasteiger charge is -2.17. The van der Waals surface area contributed by atoms with Crippen LogP contribution in [0.15, 0.2) is 59.7 Å². The SMILES string of the molecule is CSCC[C@H](NC(=O)Cn1cnc2ccccc2c1=O)c1nc2ccccc2[nH]1. The second-order valence-electron chi connectivity index (χ2n) is 6.74. The third-order valence-electron chi connectivity index (χ3n) is 4.73. The fourth-order valence-electron chi connectivity index (χ4n) is 3.26. The Labute approximate surface area is 171 Å². The van der Waals surface area contributed by atoms with Crippen LogP contribution in [-0.2, 0) is 11.3 Å². The maximum Gasteiger partial charge on any atom is 0.261 e. The van der Waals surface area contributed by atoms with Gasteiger partial charge in [0.2, 0.25) is 5.91 Å². The predicted octanol–water partition coefficient (Wildman–Crippen LogP) is 2.88. The van der Waals surface area contributed by atoms with E-state index in [-0.39, 0.29) is 24.1 Å². The second kappa shape index (κ2) is 8.48. The van der Waals surface area contributed by atoms with Crippen molar-refractivity contribution >= 4 is 39.6 Å². The van der Waals surface area contributed by atoms with Crippen molar-refractivity contribution in [3.8, 4) is 0 Å². The maximum absolute atomic E-state index is 12.7. The van der Waals surface area contributed by atoms with Gasteiger partial charge in [0.15, 0.2) is 0 Å². The van der Waals surface area contributed by atoms with Gasteiger partial charge >= 0.3 is 0 Å². The number of nitrogens with zero attached hydrogens (tertiary/aromatic N) is 3. The molecule has 1 atom stereocenters. The molecule has 2 aromatic heterocycles. The van der Waals surface area contributed by atoms with Crippen molar-refractivity contribution in [3.63, 3.8) is 0 Å². The number of nitrogens with one attached hydrogen (secondary N) is 2. The van der Waals surface area contributed by atoms with E-state index >= 15 is 0 Å². The summed E-state index contributed by atoms with van der Waals surface area (Å²) in [5.74, 6) is 1.34. The Bertz CT molecular complexity index is 1180. The first-order chi connectivity index (χ1) is 14.2. The van der Waals surface area contributed by atoms with Crippen LogP contribution in [0.1, 0.15) is 18.3 Å². The smallest absolute Gasteiger partial charge is 0.261 e. The first-order valence-corrected chi connectivity index (χ1v) is 10.7. The Morgan fingerprint density at radius 3 is 2.72 bits per heavy atom. The number of aromatic amines is 1. The van der Waals surface area contributed by atoms with Crippen LogP contribution in [0.2, 0.25) is 0 Å². The van der Waals surface area contributed by atoms with Gasteiger partial charge in [0.25, 0.3) is 5.56 Å². The molecule has 0 fully saturated rings. The molecule has 0 aliphatic rings. The average Bonchev–Trinajstić information content (AvgIpc) is 3.17. The van der Waals surface area contributed by atoms with E-state index in [2.05, 4.69) is 20.3 Å². The Kier molecular flexibility index (Phi) is 5.62. The number of benzene rings is 2. The van der Waals surface area contributed by atoms with Gasteiger partial charge in [-0.05, 0) is 42.7 Å². The van der Waals surface area contributed by atoms with Crippen molar-refractivity contribution in [2.75, 3.05) is 12.0 Å². The van der Waals surface area contributed by atoms with Gasteiger partial charge in [0, 0.05) is 0 Å². The monoisotopic (exact) mass is 407 g/mol. The molecule has 0 aliphatic heterocycles. The molecule has 0 bridgehead atoms. The Balaban J connectivity index is 1.55. The molecular weight excluding hydrogens is 386 g/mol. The maximum atomic E-state index is 12.7. The molecule has 8 heteroatoms. The van der Waals surface area contributed by atoms with E-state index in [0.29, 0.717) is 10.9 Å². The highest BCUT2D eigenvalue weighted by Gasteiger charge is 2.19. The standard InChI is InChI=1S/C21H21N5O2S/c1-29-11-10-18(20-24-16-8-4-5-9-17(16)25-20)23-19(27)12-26-13-22-15-7-3-2-6-14(15)21(26)28/h2-9,13,18H,10-12H2,1H3,(H,23,27)(H,24,25)/t18-/m0/s1. The second-order valence-corrected chi connectivity index (χ2v) is 7.72. The van der Waals surface area contributed by atoms with Gasteiger partial charge in [0.1, 0.15) is 12.4 Å². The molecule has 1 amide bonds. The molecule has 4 rings (SSSR count). The lowest BCUT2D eigenvalue weighted by atomic mass is 10.2. The third kappa shape index (κ3) is 4.17. The van der Waals surface area contributed by atoms with E-state index < -0.39 is 0 Å². The largest absolute Gasteiger partial charge is 0.345 e. The third-order valence-corrected chi connectivity index (χ3v) is 5.37. The van der Waals surface area contributed by atoms with E-state index in [1.165, 1.54) is 10.9 Å². The van der Waals surface area contributed by atoms with E-state index in [0.717, 1.165) is 29.0 Å². The molecule has 0 saturated carbocycles. The Morgan fingerprint density at radius 1 is 1.17 bits per heavy atom.